The van der Waals surface area contributed by atoms with Crippen molar-refractivity contribution in [1.29, 1.82) is 0 Å². The first-order valence-electron chi connectivity index (χ1n) is 9.44. The van der Waals surface area contributed by atoms with Gasteiger partial charge in [0, 0.05) is 23.3 Å². The van der Waals surface area contributed by atoms with Gasteiger partial charge >= 0.3 is 0 Å². The Labute approximate surface area is 150 Å². The highest BCUT2D eigenvalue weighted by molar-refractivity contribution is 6.04. The molecule has 1 saturated heterocycles. The van der Waals surface area contributed by atoms with Gasteiger partial charge in [-0.2, -0.15) is 0 Å². The summed E-state index contributed by atoms with van der Waals surface area (Å²) in [5, 5.41) is 3.03. The van der Waals surface area contributed by atoms with E-state index in [2.05, 4.69) is 35.3 Å². The number of likely N-dealkylation sites (tertiary alicyclic amines) is 1. The molecule has 130 valence electrons. The Morgan fingerprint density at radius 3 is 2.68 bits per heavy atom. The molecule has 0 radical (unpaired) electrons. The number of aryl methyl sites for hydroxylation is 1. The summed E-state index contributed by atoms with van der Waals surface area (Å²) in [7, 11) is 0. The minimum Gasteiger partial charge on any atom is -0.322 e. The third-order valence-corrected chi connectivity index (χ3v) is 5.78. The molecule has 0 spiro atoms. The number of amides is 1. The van der Waals surface area contributed by atoms with E-state index in [1.54, 1.807) is 0 Å². The fourth-order valence-corrected chi connectivity index (χ4v) is 4.39. The number of anilines is 1. The molecule has 0 bridgehead atoms. The van der Waals surface area contributed by atoms with Crippen LogP contribution in [0.15, 0.2) is 48.5 Å². The average molecular weight is 334 g/mol. The zero-order valence-electron chi connectivity index (χ0n) is 14.9. The number of carbonyl (C=O) groups excluding carboxylic acids is 1. The second-order valence-corrected chi connectivity index (χ2v) is 7.43. The van der Waals surface area contributed by atoms with E-state index in [9.17, 15) is 4.79 Å². The lowest BCUT2D eigenvalue weighted by molar-refractivity contribution is 0.102. The smallest absolute Gasteiger partial charge is 0.255 e. The van der Waals surface area contributed by atoms with E-state index in [0.717, 1.165) is 24.6 Å². The molecule has 2 aromatic carbocycles. The molecule has 3 heteroatoms. The molecule has 1 aliphatic carbocycles. The summed E-state index contributed by atoms with van der Waals surface area (Å²) in [5.41, 5.74) is 4.45. The van der Waals surface area contributed by atoms with Gasteiger partial charge in [0.2, 0.25) is 0 Å². The highest BCUT2D eigenvalue weighted by Gasteiger charge is 2.30. The number of nitrogens with zero attached hydrogens (tertiary/aromatic N) is 1. The van der Waals surface area contributed by atoms with Crippen LogP contribution in [0.3, 0.4) is 0 Å². The van der Waals surface area contributed by atoms with Crippen LogP contribution >= 0.6 is 0 Å². The van der Waals surface area contributed by atoms with Gasteiger partial charge in [0.25, 0.3) is 5.91 Å². The molecule has 3 nitrogen and oxygen atoms in total. The minimum absolute atomic E-state index is 0.0415. The first-order valence-corrected chi connectivity index (χ1v) is 9.44. The molecule has 2 aliphatic rings. The van der Waals surface area contributed by atoms with Crippen LogP contribution in [0.4, 0.5) is 5.69 Å². The Morgan fingerprint density at radius 1 is 1.08 bits per heavy atom. The van der Waals surface area contributed by atoms with E-state index in [-0.39, 0.29) is 5.91 Å². The maximum atomic E-state index is 12.3. The van der Waals surface area contributed by atoms with Crippen LogP contribution in [-0.2, 0) is 12.8 Å². The van der Waals surface area contributed by atoms with Crippen molar-refractivity contribution in [1.82, 2.24) is 4.90 Å². The lowest BCUT2D eigenvalue weighted by atomic mass is 9.87. The largest absolute Gasteiger partial charge is 0.322 e. The van der Waals surface area contributed by atoms with E-state index in [0.29, 0.717) is 11.6 Å². The van der Waals surface area contributed by atoms with Crippen molar-refractivity contribution >= 4 is 11.6 Å². The van der Waals surface area contributed by atoms with Crippen molar-refractivity contribution in [3.8, 4) is 0 Å². The highest BCUT2D eigenvalue weighted by Crippen LogP contribution is 2.31. The SMILES string of the molecule is C[C@@H]1CCCN1[C@H]1CCc2cc(NC(=O)c3ccccc3)ccc2C1. The summed E-state index contributed by atoms with van der Waals surface area (Å²) < 4.78 is 0. The fraction of sp³-hybridized carbons (Fsp3) is 0.409. The van der Waals surface area contributed by atoms with E-state index >= 15 is 0 Å². The highest BCUT2D eigenvalue weighted by atomic mass is 16.1. The number of nitrogens with one attached hydrogen (secondary N) is 1. The molecule has 2 aromatic rings. The third-order valence-electron chi connectivity index (χ3n) is 5.78. The first-order chi connectivity index (χ1) is 12.2. The summed E-state index contributed by atoms with van der Waals surface area (Å²) >= 11 is 0. The Morgan fingerprint density at radius 2 is 1.92 bits per heavy atom. The van der Waals surface area contributed by atoms with Crippen molar-refractivity contribution in [3.05, 3.63) is 65.2 Å². The number of fused-ring (bicyclic) bond motifs is 1. The van der Waals surface area contributed by atoms with Crippen molar-refractivity contribution in [2.75, 3.05) is 11.9 Å². The van der Waals surface area contributed by atoms with Gasteiger partial charge in [-0.25, -0.2) is 0 Å². The molecule has 1 amide bonds. The summed E-state index contributed by atoms with van der Waals surface area (Å²) in [6.07, 6.45) is 6.17. The number of benzene rings is 2. The van der Waals surface area contributed by atoms with Crippen LogP contribution in [0.1, 0.15) is 47.7 Å². The van der Waals surface area contributed by atoms with Crippen LogP contribution in [0.5, 0.6) is 0 Å². The molecule has 0 saturated carbocycles. The monoisotopic (exact) mass is 334 g/mol. The first kappa shape index (κ1) is 16.3. The lowest BCUT2D eigenvalue weighted by Gasteiger charge is -2.35. The second kappa shape index (κ2) is 7.01. The maximum absolute atomic E-state index is 12.3. The van der Waals surface area contributed by atoms with Crippen molar-refractivity contribution in [2.24, 2.45) is 0 Å². The summed E-state index contributed by atoms with van der Waals surface area (Å²) in [6, 6.07) is 17.2. The van der Waals surface area contributed by atoms with E-state index in [1.807, 2.05) is 30.3 Å². The molecular weight excluding hydrogens is 308 g/mol. The second-order valence-electron chi connectivity index (χ2n) is 7.43. The van der Waals surface area contributed by atoms with Crippen LogP contribution in [0.25, 0.3) is 0 Å². The van der Waals surface area contributed by atoms with Crippen molar-refractivity contribution in [2.45, 2.75) is 51.1 Å². The van der Waals surface area contributed by atoms with Gasteiger partial charge in [-0.05, 0) is 81.0 Å². The number of rotatable bonds is 3. The molecule has 2 atom stereocenters. The van der Waals surface area contributed by atoms with Crippen LogP contribution in [0.2, 0.25) is 0 Å². The summed E-state index contributed by atoms with van der Waals surface area (Å²) in [5.74, 6) is -0.0415. The fourth-order valence-electron chi connectivity index (χ4n) is 4.39. The van der Waals surface area contributed by atoms with Gasteiger partial charge < -0.3 is 5.32 Å². The zero-order chi connectivity index (χ0) is 17.2. The molecule has 25 heavy (non-hydrogen) atoms. The molecule has 1 N–H and O–H groups in total. The van der Waals surface area contributed by atoms with Crippen LogP contribution in [-0.4, -0.2) is 29.4 Å². The Bertz CT molecular complexity index is 756. The summed E-state index contributed by atoms with van der Waals surface area (Å²) in [4.78, 5) is 15.0. The van der Waals surface area contributed by atoms with Gasteiger partial charge in [-0.15, -0.1) is 0 Å². The average Bonchev–Trinajstić information content (AvgIpc) is 3.08. The molecular formula is C22H26N2O. The zero-order valence-corrected chi connectivity index (χ0v) is 14.9. The van der Waals surface area contributed by atoms with Crippen molar-refractivity contribution in [3.63, 3.8) is 0 Å². The van der Waals surface area contributed by atoms with Gasteiger partial charge in [0.05, 0.1) is 0 Å². The quantitative estimate of drug-likeness (QED) is 0.908. The predicted molar refractivity (Wildman–Crippen MR) is 102 cm³/mol. The van der Waals surface area contributed by atoms with E-state index < -0.39 is 0 Å². The van der Waals surface area contributed by atoms with Gasteiger partial charge in [-0.3, -0.25) is 9.69 Å². The summed E-state index contributed by atoms with van der Waals surface area (Å²) in [6.45, 7) is 3.62. The van der Waals surface area contributed by atoms with E-state index in [1.165, 1.54) is 36.9 Å². The Kier molecular flexibility index (Phi) is 4.58. The lowest BCUT2D eigenvalue weighted by Crippen LogP contribution is -2.41. The number of hydrogen-bond donors (Lipinski definition) is 1. The molecule has 4 rings (SSSR count). The van der Waals surface area contributed by atoms with Gasteiger partial charge in [-0.1, -0.05) is 24.3 Å². The van der Waals surface area contributed by atoms with Gasteiger partial charge in [0.15, 0.2) is 0 Å². The van der Waals surface area contributed by atoms with Gasteiger partial charge in [0.1, 0.15) is 0 Å². The molecule has 0 aromatic heterocycles. The Balaban J connectivity index is 1.46. The number of hydrogen-bond acceptors (Lipinski definition) is 2. The van der Waals surface area contributed by atoms with Crippen LogP contribution < -0.4 is 5.32 Å². The minimum atomic E-state index is -0.0415. The normalized spacial score (nSPS) is 23.2. The number of carbonyl (C=O) groups is 1. The molecule has 1 fully saturated rings. The molecule has 1 aliphatic heterocycles. The van der Waals surface area contributed by atoms with Crippen LogP contribution in [0, 0.1) is 0 Å². The predicted octanol–water partition coefficient (Wildman–Crippen LogP) is 4.28. The topological polar surface area (TPSA) is 32.3 Å². The van der Waals surface area contributed by atoms with E-state index in [4.69, 9.17) is 0 Å². The van der Waals surface area contributed by atoms with Crippen molar-refractivity contribution < 1.29 is 4.79 Å². The Hall–Kier alpha value is -2.13. The standard InChI is InChI=1S/C22H26N2O/c1-16-6-5-13-24(16)21-12-10-18-14-20(11-9-19(18)15-21)23-22(25)17-7-3-2-4-8-17/h2-4,7-9,11,14,16,21H,5-6,10,12-13,15H2,1H3,(H,23,25)/t16-,21+/m1/s1. The maximum Gasteiger partial charge on any atom is 0.255 e. The molecule has 1 heterocycles. The molecule has 0 unspecified atom stereocenters. The third kappa shape index (κ3) is 3.47.